The summed E-state index contributed by atoms with van der Waals surface area (Å²) in [6.45, 7) is 0.729. The highest BCUT2D eigenvalue weighted by molar-refractivity contribution is 5.58. The van der Waals surface area contributed by atoms with E-state index in [9.17, 15) is 4.39 Å². The van der Waals surface area contributed by atoms with E-state index in [2.05, 4.69) is 17.1 Å². The smallest absolute Gasteiger partial charge is 0.123 e. The van der Waals surface area contributed by atoms with E-state index < -0.39 is 0 Å². The standard InChI is InChI=1S/C16H13FN2/c17-15-8-4-7-14(9-15)16-10-18-12-19(16)11-13-5-2-1-3-6-13/h1-10,12H,11H2. The van der Waals surface area contributed by atoms with Gasteiger partial charge in [-0.25, -0.2) is 9.37 Å². The Hall–Kier alpha value is -2.42. The fourth-order valence-electron chi connectivity index (χ4n) is 2.12. The number of benzene rings is 2. The molecule has 3 heteroatoms. The third-order valence-corrected chi connectivity index (χ3v) is 3.03. The van der Waals surface area contributed by atoms with E-state index in [4.69, 9.17) is 0 Å². The molecule has 0 amide bonds. The van der Waals surface area contributed by atoms with Gasteiger partial charge in [0.05, 0.1) is 18.2 Å². The SMILES string of the molecule is Fc1cccc(-c2cncn2Cc2ccccc2)c1. The molecular formula is C16H13FN2. The second-order valence-electron chi connectivity index (χ2n) is 4.40. The maximum Gasteiger partial charge on any atom is 0.123 e. The molecule has 0 atom stereocenters. The Morgan fingerprint density at radius 1 is 1.00 bits per heavy atom. The fraction of sp³-hybridized carbons (Fsp3) is 0.0625. The van der Waals surface area contributed by atoms with Crippen molar-refractivity contribution in [2.24, 2.45) is 0 Å². The lowest BCUT2D eigenvalue weighted by Gasteiger charge is -2.08. The molecule has 0 unspecified atom stereocenters. The van der Waals surface area contributed by atoms with Gasteiger partial charge in [-0.15, -0.1) is 0 Å². The molecule has 0 aliphatic carbocycles. The van der Waals surface area contributed by atoms with Crippen LogP contribution in [0.15, 0.2) is 67.1 Å². The molecule has 0 fully saturated rings. The van der Waals surface area contributed by atoms with E-state index in [1.165, 1.54) is 17.7 Å². The van der Waals surface area contributed by atoms with Crippen LogP contribution < -0.4 is 0 Å². The first kappa shape index (κ1) is 11.7. The number of hydrogen-bond acceptors (Lipinski definition) is 1. The van der Waals surface area contributed by atoms with Crippen LogP contribution in [0, 0.1) is 5.82 Å². The van der Waals surface area contributed by atoms with Gasteiger partial charge in [-0.1, -0.05) is 42.5 Å². The van der Waals surface area contributed by atoms with Gasteiger partial charge in [0.1, 0.15) is 5.82 Å². The second kappa shape index (κ2) is 5.06. The Labute approximate surface area is 111 Å². The van der Waals surface area contributed by atoms with Crippen LogP contribution in [0.5, 0.6) is 0 Å². The zero-order chi connectivity index (χ0) is 13.1. The predicted octanol–water partition coefficient (Wildman–Crippen LogP) is 3.74. The summed E-state index contributed by atoms with van der Waals surface area (Å²) >= 11 is 0. The fourth-order valence-corrected chi connectivity index (χ4v) is 2.12. The molecule has 3 aromatic rings. The largest absolute Gasteiger partial charge is 0.326 e. The van der Waals surface area contributed by atoms with Crippen molar-refractivity contribution in [3.05, 3.63) is 78.5 Å². The molecule has 19 heavy (non-hydrogen) atoms. The third-order valence-electron chi connectivity index (χ3n) is 3.03. The molecule has 0 spiro atoms. The summed E-state index contributed by atoms with van der Waals surface area (Å²) < 4.78 is 15.3. The van der Waals surface area contributed by atoms with Crippen molar-refractivity contribution in [1.29, 1.82) is 0 Å². The van der Waals surface area contributed by atoms with Gasteiger partial charge in [0.2, 0.25) is 0 Å². The summed E-state index contributed by atoms with van der Waals surface area (Å²) in [6, 6.07) is 16.7. The van der Waals surface area contributed by atoms with Gasteiger partial charge < -0.3 is 4.57 Å². The summed E-state index contributed by atoms with van der Waals surface area (Å²) in [4.78, 5) is 4.16. The maximum absolute atomic E-state index is 13.3. The van der Waals surface area contributed by atoms with E-state index in [1.54, 1.807) is 18.6 Å². The molecule has 0 N–H and O–H groups in total. The highest BCUT2D eigenvalue weighted by Crippen LogP contribution is 2.20. The molecule has 0 aliphatic rings. The zero-order valence-corrected chi connectivity index (χ0v) is 10.3. The van der Waals surface area contributed by atoms with Gasteiger partial charge >= 0.3 is 0 Å². The molecule has 0 bridgehead atoms. The van der Waals surface area contributed by atoms with Crippen LogP contribution in [-0.2, 0) is 6.54 Å². The number of halogens is 1. The van der Waals surface area contributed by atoms with Gasteiger partial charge in [-0.05, 0) is 17.7 Å². The van der Waals surface area contributed by atoms with Crippen molar-refractivity contribution < 1.29 is 4.39 Å². The Kier molecular flexibility index (Phi) is 3.11. The lowest BCUT2D eigenvalue weighted by Crippen LogP contribution is -2.00. The van der Waals surface area contributed by atoms with Gasteiger partial charge in [0.15, 0.2) is 0 Å². The minimum Gasteiger partial charge on any atom is -0.326 e. The molecule has 1 heterocycles. The van der Waals surface area contributed by atoms with Crippen LogP contribution >= 0.6 is 0 Å². The van der Waals surface area contributed by atoms with Gasteiger partial charge in [0, 0.05) is 12.1 Å². The van der Waals surface area contributed by atoms with E-state index in [0.29, 0.717) is 0 Å². The molecule has 2 aromatic carbocycles. The quantitative estimate of drug-likeness (QED) is 0.694. The van der Waals surface area contributed by atoms with Crippen LogP contribution in [0.3, 0.4) is 0 Å². The lowest BCUT2D eigenvalue weighted by molar-refractivity contribution is 0.628. The minimum atomic E-state index is -0.232. The molecule has 0 radical (unpaired) electrons. The number of imidazole rings is 1. The number of aromatic nitrogens is 2. The van der Waals surface area contributed by atoms with E-state index >= 15 is 0 Å². The van der Waals surface area contributed by atoms with Crippen molar-refractivity contribution in [3.8, 4) is 11.3 Å². The summed E-state index contributed by atoms with van der Waals surface area (Å²) in [5, 5.41) is 0. The molecule has 1 aromatic heterocycles. The molecule has 94 valence electrons. The van der Waals surface area contributed by atoms with Crippen LogP contribution in [0.2, 0.25) is 0 Å². The average molecular weight is 252 g/mol. The molecule has 2 nitrogen and oxygen atoms in total. The summed E-state index contributed by atoms with van der Waals surface area (Å²) in [5.74, 6) is -0.232. The summed E-state index contributed by atoms with van der Waals surface area (Å²) in [7, 11) is 0. The van der Waals surface area contributed by atoms with Crippen LogP contribution in [0.25, 0.3) is 11.3 Å². The summed E-state index contributed by atoms with van der Waals surface area (Å²) in [5.41, 5.74) is 2.95. The highest BCUT2D eigenvalue weighted by atomic mass is 19.1. The molecule has 0 saturated carbocycles. The Bertz CT molecular complexity index is 674. The molecule has 0 aliphatic heterocycles. The molecular weight excluding hydrogens is 239 g/mol. The van der Waals surface area contributed by atoms with Crippen LogP contribution in [-0.4, -0.2) is 9.55 Å². The highest BCUT2D eigenvalue weighted by Gasteiger charge is 2.06. The number of rotatable bonds is 3. The van der Waals surface area contributed by atoms with Gasteiger partial charge in [-0.3, -0.25) is 0 Å². The summed E-state index contributed by atoms with van der Waals surface area (Å²) in [6.07, 6.45) is 3.53. The van der Waals surface area contributed by atoms with Crippen LogP contribution in [0.1, 0.15) is 5.56 Å². The average Bonchev–Trinajstić information content (AvgIpc) is 2.88. The number of hydrogen-bond donors (Lipinski definition) is 0. The second-order valence-corrected chi connectivity index (χ2v) is 4.40. The Morgan fingerprint density at radius 2 is 1.84 bits per heavy atom. The first-order chi connectivity index (χ1) is 9.33. The zero-order valence-electron chi connectivity index (χ0n) is 10.3. The first-order valence-electron chi connectivity index (χ1n) is 6.13. The maximum atomic E-state index is 13.3. The van der Waals surface area contributed by atoms with Crippen molar-refractivity contribution in [1.82, 2.24) is 9.55 Å². The Balaban J connectivity index is 1.95. The monoisotopic (exact) mass is 252 g/mol. The van der Waals surface area contributed by atoms with Crippen molar-refractivity contribution in [2.45, 2.75) is 6.54 Å². The van der Waals surface area contributed by atoms with Gasteiger partial charge in [0.25, 0.3) is 0 Å². The predicted molar refractivity (Wildman–Crippen MR) is 73.2 cm³/mol. The van der Waals surface area contributed by atoms with Gasteiger partial charge in [-0.2, -0.15) is 0 Å². The van der Waals surface area contributed by atoms with Crippen LogP contribution in [0.4, 0.5) is 4.39 Å². The molecule has 3 rings (SSSR count). The topological polar surface area (TPSA) is 17.8 Å². The van der Waals surface area contributed by atoms with E-state index in [1.807, 2.05) is 28.8 Å². The molecule has 0 saturated heterocycles. The van der Waals surface area contributed by atoms with Crippen molar-refractivity contribution in [2.75, 3.05) is 0 Å². The lowest BCUT2D eigenvalue weighted by atomic mass is 10.1. The normalized spacial score (nSPS) is 10.6. The van der Waals surface area contributed by atoms with Crippen molar-refractivity contribution >= 4 is 0 Å². The van der Waals surface area contributed by atoms with Crippen molar-refractivity contribution in [3.63, 3.8) is 0 Å². The number of nitrogens with zero attached hydrogens (tertiary/aromatic N) is 2. The minimum absolute atomic E-state index is 0.232. The van der Waals surface area contributed by atoms with E-state index in [-0.39, 0.29) is 5.82 Å². The first-order valence-corrected chi connectivity index (χ1v) is 6.13. The van der Waals surface area contributed by atoms with E-state index in [0.717, 1.165) is 17.8 Å². The Morgan fingerprint density at radius 3 is 2.63 bits per heavy atom. The third kappa shape index (κ3) is 2.55.